The lowest BCUT2D eigenvalue weighted by molar-refractivity contribution is -0.143. The van der Waals surface area contributed by atoms with E-state index in [1.165, 1.54) is 38.8 Å². The molecule has 22 nitrogen and oxygen atoms in total. The molecule has 0 aromatic heterocycles. The number of amides is 6. The predicted molar refractivity (Wildman–Crippen MR) is 593 cm³/mol. The third-order valence-electron chi connectivity index (χ3n) is 29.0. The lowest BCUT2D eigenvalue weighted by Crippen LogP contribution is -2.53. The van der Waals surface area contributed by atoms with Crippen LogP contribution in [0.15, 0.2) is 0 Å². The van der Waals surface area contributed by atoms with Gasteiger partial charge >= 0.3 is 0 Å². The van der Waals surface area contributed by atoms with Gasteiger partial charge in [-0.2, -0.15) is 0 Å². The van der Waals surface area contributed by atoms with Crippen LogP contribution < -0.4 is 21.3 Å². The fraction of sp³-hybridized carbons (Fsp3) is 0.941. The Kier molecular flexibility index (Phi) is 55.4. The van der Waals surface area contributed by atoms with E-state index in [4.69, 9.17) is 14.2 Å². The molecule has 0 aromatic carbocycles. The molecule has 0 saturated carbocycles. The van der Waals surface area contributed by atoms with E-state index in [0.29, 0.717) is 94.9 Å². The number of piperidine rings is 6. The van der Waals surface area contributed by atoms with Gasteiger partial charge in [0.05, 0.1) is 29.9 Å². The van der Waals surface area contributed by atoms with Crippen LogP contribution in [0.25, 0.3) is 0 Å². The van der Waals surface area contributed by atoms with E-state index >= 15 is 0 Å². The number of likely N-dealkylation sites (tertiary alicyclic amines) is 8. The Balaban J connectivity index is 0.000000800. The maximum absolute atomic E-state index is 12.1. The molecule has 0 unspecified atom stereocenters. The Hall–Kier alpha value is -3.87. The summed E-state index contributed by atoms with van der Waals surface area (Å²) in [5.74, 6) is 5.23. The number of ketones is 1. The number of rotatable bonds is 19. The fourth-order valence-corrected chi connectivity index (χ4v) is 19.1. The first kappa shape index (κ1) is 134. The number of carbonyl (C=O) groups excluding carboxylic acids is 7. The van der Waals surface area contributed by atoms with E-state index in [0.717, 1.165) is 198 Å². The van der Waals surface area contributed by atoms with E-state index in [2.05, 4.69) is 304 Å². The summed E-state index contributed by atoms with van der Waals surface area (Å²) in [6, 6.07) is 2.01. The molecular formula is C118H234N12O10. The van der Waals surface area contributed by atoms with Crippen molar-refractivity contribution in [3.8, 4) is 0 Å². The van der Waals surface area contributed by atoms with E-state index in [9.17, 15) is 33.6 Å². The van der Waals surface area contributed by atoms with Gasteiger partial charge in [0.25, 0.3) is 0 Å². The molecule has 140 heavy (non-hydrogen) atoms. The molecule has 0 aliphatic carbocycles. The molecule has 0 aromatic rings. The highest BCUT2D eigenvalue weighted by atomic mass is 16.5. The minimum atomic E-state index is -0.237. The van der Waals surface area contributed by atoms with Gasteiger partial charge in [-0.05, 0) is 348 Å². The molecule has 4 N–H and O–H groups in total. The fourth-order valence-electron chi connectivity index (χ4n) is 19.1. The van der Waals surface area contributed by atoms with E-state index < -0.39 is 0 Å². The Bertz CT molecular complexity index is 3240. The van der Waals surface area contributed by atoms with Crippen LogP contribution >= 0.6 is 0 Å². The van der Waals surface area contributed by atoms with Crippen molar-refractivity contribution in [3.63, 3.8) is 0 Å². The Labute approximate surface area is 865 Å². The number of nitrogens with one attached hydrogen (secondary N) is 4. The summed E-state index contributed by atoms with van der Waals surface area (Å²) in [7, 11) is 0. The van der Waals surface area contributed by atoms with Gasteiger partial charge in [-0.15, -0.1) is 0 Å². The van der Waals surface area contributed by atoms with Gasteiger partial charge < -0.3 is 55.1 Å². The molecule has 8 rings (SSSR count). The molecule has 0 bridgehead atoms. The lowest BCUT2D eigenvalue weighted by Gasteiger charge is -2.42. The molecule has 0 radical (unpaired) electrons. The van der Waals surface area contributed by atoms with Gasteiger partial charge in [-0.3, -0.25) is 53.2 Å². The van der Waals surface area contributed by atoms with Crippen molar-refractivity contribution in [1.29, 1.82) is 0 Å². The SMILES string of the molecule is CC(C)(C)CC(=O)CN1CCC(C(C)(C)C)CC1.CC(C)(C)CCC(=O)N[C@@H]1CCN(C(C)(C)C)C1.CC(C)(C)NC1CCN(C(C)(C)C)CC1.CC(C)(C)NCC(=O)N1CCC(C(C)(C)C)CC1.CC(C)(C)OCC(=O)N1CCC(C(C)(C)C)CC1.CC(C)(C)OCC(=O)N1CCC(C(C)(C)C)CC1.CC(C)(C)OCC(=O)N1CCC(C(C)(C)C)CC1.CC(C)N1CC[C@H](NC(=O)CCC(C)(C)C)C1. The lowest BCUT2D eigenvalue weighted by atomic mass is 9.75. The third-order valence-corrected chi connectivity index (χ3v) is 29.0. The van der Waals surface area contributed by atoms with Crippen LogP contribution in [-0.2, 0) is 47.8 Å². The van der Waals surface area contributed by atoms with Crippen molar-refractivity contribution in [2.24, 2.45) is 72.9 Å². The average Bonchev–Trinajstić information content (AvgIpc) is 1.85. The summed E-state index contributed by atoms with van der Waals surface area (Å²) in [6.45, 7) is 121. The maximum atomic E-state index is 12.1. The molecule has 8 heterocycles. The van der Waals surface area contributed by atoms with Crippen molar-refractivity contribution < 1.29 is 47.8 Å². The molecule has 8 fully saturated rings. The second-order valence-electron chi connectivity index (χ2n) is 59.3. The zero-order valence-corrected chi connectivity index (χ0v) is 101. The largest absolute Gasteiger partial charge is 0.366 e. The Morgan fingerprint density at radius 2 is 0.571 bits per heavy atom. The molecule has 0 spiro atoms. The Morgan fingerprint density at radius 1 is 0.300 bits per heavy atom. The molecular weight excluding hydrogens is 1750 g/mol. The monoisotopic (exact) mass is 1980 g/mol. The first-order valence-electron chi connectivity index (χ1n) is 55.6. The molecule has 2 atom stereocenters. The number of Topliss-reactive ketones (excluding diaryl/α,β-unsaturated/α-hetero) is 1. The minimum absolute atomic E-state index is 0.0133. The summed E-state index contributed by atoms with van der Waals surface area (Å²) in [6.07, 6.45) is 20.1. The normalized spacial score (nSPS) is 20.3. The van der Waals surface area contributed by atoms with Crippen LogP contribution in [0, 0.1) is 72.9 Å². The van der Waals surface area contributed by atoms with Crippen molar-refractivity contribution >= 4 is 41.2 Å². The summed E-state index contributed by atoms with van der Waals surface area (Å²) in [5.41, 5.74) is 2.59. The van der Waals surface area contributed by atoms with Gasteiger partial charge in [-0.25, -0.2) is 0 Å². The topological polar surface area (TPSA) is 221 Å². The van der Waals surface area contributed by atoms with Crippen LogP contribution in [0.5, 0.6) is 0 Å². The summed E-state index contributed by atoms with van der Waals surface area (Å²) in [5, 5.41) is 13.3. The first-order chi connectivity index (χ1) is 63.0. The standard InChI is InChI=1S/C16H31NO.2C15H30N2O.3C15H29NO2.C14H28N2O.C13H28N2/c1-15(2,3)11-14(18)12-17-9-7-13(8-10-17)16(4,5)6;1-14(2,3)9-7-13(18)16-12-8-10-17(11-12)15(4,5)6;1-14(2,3)12-7-9-17(10-8-12)13(18)11-16-15(4,5)6;3*1-14(2,3)12-7-9-16(10-8-12)13(17)11-18-15(4,5)6;1-11(2)16-9-7-12(10-16)15-13(17)6-8-14(3,4)5;1-12(2,3)14-11-7-9-15(10-8-11)13(4,5)6/h13H,7-12H2,1-6H3;12H,7-11H2,1-6H3,(H,16,18);12,16H,7-11H2,1-6H3;3*12H,7-11H2,1-6H3;11-12H,6-10H2,1-5H3,(H,15,17);11,14H,7-10H2,1-6H3/t;12-;;;;;12-;/m.1....0./s1. The molecule has 8 aliphatic heterocycles. The predicted octanol–water partition coefficient (Wildman–Crippen LogP) is 23.5. The van der Waals surface area contributed by atoms with Crippen LogP contribution in [0.4, 0.5) is 0 Å². The third kappa shape index (κ3) is 63.1. The molecule has 826 valence electrons. The summed E-state index contributed by atoms with van der Waals surface area (Å²) >= 11 is 0. The number of nitrogens with zero attached hydrogens (tertiary/aromatic N) is 8. The summed E-state index contributed by atoms with van der Waals surface area (Å²) in [4.78, 5) is 101. The molecule has 6 amide bonds. The maximum Gasteiger partial charge on any atom is 0.248 e. The van der Waals surface area contributed by atoms with Gasteiger partial charge in [0.2, 0.25) is 35.4 Å². The average molecular weight is 1980 g/mol. The first-order valence-corrected chi connectivity index (χ1v) is 55.6. The zero-order valence-electron chi connectivity index (χ0n) is 101. The second-order valence-corrected chi connectivity index (χ2v) is 59.3. The molecule has 22 heteroatoms. The van der Waals surface area contributed by atoms with Gasteiger partial charge in [0.15, 0.2) is 0 Å². The highest BCUT2D eigenvalue weighted by molar-refractivity contribution is 5.81. The van der Waals surface area contributed by atoms with Crippen LogP contribution in [0.2, 0.25) is 0 Å². The van der Waals surface area contributed by atoms with Crippen molar-refractivity contribution in [3.05, 3.63) is 0 Å². The molecule has 8 saturated heterocycles. The minimum Gasteiger partial charge on any atom is -0.366 e. The number of carbonyl (C=O) groups is 7. The van der Waals surface area contributed by atoms with Crippen molar-refractivity contribution in [1.82, 2.24) is 60.5 Å². The number of hydrogen-bond acceptors (Lipinski definition) is 16. The zero-order chi connectivity index (χ0) is 109. The van der Waals surface area contributed by atoms with Crippen molar-refractivity contribution in [2.45, 2.75) is 511 Å². The van der Waals surface area contributed by atoms with Crippen LogP contribution in [-0.4, -0.2) is 281 Å². The van der Waals surface area contributed by atoms with E-state index in [-0.39, 0.29) is 105 Å². The van der Waals surface area contributed by atoms with E-state index in [1.807, 2.05) is 81.9 Å². The van der Waals surface area contributed by atoms with E-state index in [1.54, 1.807) is 0 Å². The summed E-state index contributed by atoms with van der Waals surface area (Å²) < 4.78 is 16.6. The van der Waals surface area contributed by atoms with Crippen LogP contribution in [0.3, 0.4) is 0 Å². The quantitative estimate of drug-likeness (QED) is 0.0944. The van der Waals surface area contributed by atoms with Gasteiger partial charge in [0, 0.05) is 157 Å². The smallest absolute Gasteiger partial charge is 0.248 e. The highest BCUT2D eigenvalue weighted by Gasteiger charge is 2.39. The van der Waals surface area contributed by atoms with Gasteiger partial charge in [0.1, 0.15) is 25.6 Å². The number of hydrogen-bond donors (Lipinski definition) is 4. The highest BCUT2D eigenvalue weighted by Crippen LogP contribution is 2.40. The van der Waals surface area contributed by atoms with Crippen LogP contribution in [0.1, 0.15) is 447 Å². The Morgan fingerprint density at radius 3 is 0.814 bits per heavy atom. The number of ether oxygens (including phenoxy) is 3. The second kappa shape index (κ2) is 57.8. The molecule has 8 aliphatic rings. The van der Waals surface area contributed by atoms with Crippen molar-refractivity contribution in [2.75, 3.05) is 138 Å². The van der Waals surface area contributed by atoms with Gasteiger partial charge in [-0.1, -0.05) is 166 Å².